The number of aliphatic hydroxyl groups excluding tert-OH is 1. The maximum Gasteiger partial charge on any atom is 0.0527 e. The van der Waals surface area contributed by atoms with Crippen molar-refractivity contribution in [3.05, 3.63) is 30.1 Å². The molecule has 0 aliphatic heterocycles. The molecule has 70 valence electrons. The number of aliphatic hydroxyl groups is 1. The number of aromatic nitrogens is 1. The third-order valence-corrected chi connectivity index (χ3v) is 3.16. The molecule has 0 bridgehead atoms. The van der Waals surface area contributed by atoms with E-state index in [2.05, 4.69) is 4.98 Å². The van der Waals surface area contributed by atoms with Crippen LogP contribution in [0.3, 0.4) is 0 Å². The van der Waals surface area contributed by atoms with E-state index in [1.165, 1.54) is 18.4 Å². The SMILES string of the molecule is OCC1(c2ccncc2)CCCC1. The lowest BCUT2D eigenvalue weighted by Crippen LogP contribution is -2.26. The summed E-state index contributed by atoms with van der Waals surface area (Å²) in [6.45, 7) is 0.275. The highest BCUT2D eigenvalue weighted by atomic mass is 16.3. The zero-order valence-electron chi connectivity index (χ0n) is 7.74. The molecule has 0 spiro atoms. The van der Waals surface area contributed by atoms with Gasteiger partial charge in [-0.15, -0.1) is 0 Å². The maximum atomic E-state index is 9.45. The van der Waals surface area contributed by atoms with Crippen molar-refractivity contribution in [3.8, 4) is 0 Å². The molecule has 13 heavy (non-hydrogen) atoms. The Morgan fingerprint density at radius 3 is 2.38 bits per heavy atom. The van der Waals surface area contributed by atoms with Gasteiger partial charge in [0.25, 0.3) is 0 Å². The topological polar surface area (TPSA) is 33.1 Å². The molecular weight excluding hydrogens is 162 g/mol. The highest BCUT2D eigenvalue weighted by Crippen LogP contribution is 2.40. The number of rotatable bonds is 2. The molecule has 0 aromatic carbocycles. The van der Waals surface area contributed by atoms with Crippen LogP contribution in [0.1, 0.15) is 31.2 Å². The minimum Gasteiger partial charge on any atom is -0.395 e. The second-order valence-corrected chi connectivity index (χ2v) is 3.88. The summed E-state index contributed by atoms with van der Waals surface area (Å²) in [4.78, 5) is 4.00. The quantitative estimate of drug-likeness (QED) is 0.748. The van der Waals surface area contributed by atoms with E-state index < -0.39 is 0 Å². The van der Waals surface area contributed by atoms with E-state index in [9.17, 15) is 5.11 Å². The fourth-order valence-electron chi connectivity index (χ4n) is 2.30. The van der Waals surface area contributed by atoms with Crippen molar-refractivity contribution in [1.82, 2.24) is 4.98 Å². The summed E-state index contributed by atoms with van der Waals surface area (Å²) in [5.74, 6) is 0. The summed E-state index contributed by atoms with van der Waals surface area (Å²) >= 11 is 0. The van der Waals surface area contributed by atoms with Gasteiger partial charge in [0.1, 0.15) is 0 Å². The largest absolute Gasteiger partial charge is 0.395 e. The lowest BCUT2D eigenvalue weighted by atomic mass is 9.80. The fraction of sp³-hybridized carbons (Fsp3) is 0.545. The molecule has 1 saturated carbocycles. The molecule has 1 heterocycles. The summed E-state index contributed by atoms with van der Waals surface area (Å²) < 4.78 is 0. The summed E-state index contributed by atoms with van der Waals surface area (Å²) in [5.41, 5.74) is 1.30. The lowest BCUT2D eigenvalue weighted by Gasteiger charge is -2.26. The van der Waals surface area contributed by atoms with E-state index in [-0.39, 0.29) is 12.0 Å². The molecule has 1 aromatic rings. The van der Waals surface area contributed by atoms with E-state index in [1.54, 1.807) is 0 Å². The maximum absolute atomic E-state index is 9.45. The highest BCUT2D eigenvalue weighted by molar-refractivity contribution is 5.24. The van der Waals surface area contributed by atoms with Crippen LogP contribution in [0.25, 0.3) is 0 Å². The lowest BCUT2D eigenvalue weighted by molar-refractivity contribution is 0.196. The van der Waals surface area contributed by atoms with E-state index in [0.29, 0.717) is 0 Å². The van der Waals surface area contributed by atoms with Crippen LogP contribution in [0, 0.1) is 0 Å². The Hall–Kier alpha value is -0.890. The predicted octanol–water partition coefficient (Wildman–Crippen LogP) is 1.89. The zero-order chi connectivity index (χ0) is 9.15. The Morgan fingerprint density at radius 2 is 1.85 bits per heavy atom. The second kappa shape index (κ2) is 3.46. The standard InChI is InChI=1S/C11H15NO/c13-9-11(5-1-2-6-11)10-3-7-12-8-4-10/h3-4,7-8,13H,1-2,5-6,9H2. The van der Waals surface area contributed by atoms with Crippen molar-refractivity contribution in [2.24, 2.45) is 0 Å². The highest BCUT2D eigenvalue weighted by Gasteiger charge is 2.34. The van der Waals surface area contributed by atoms with Gasteiger partial charge in [-0.3, -0.25) is 4.98 Å². The second-order valence-electron chi connectivity index (χ2n) is 3.88. The van der Waals surface area contributed by atoms with Crippen molar-refractivity contribution in [3.63, 3.8) is 0 Å². The zero-order valence-corrected chi connectivity index (χ0v) is 7.74. The molecule has 0 unspecified atom stereocenters. The van der Waals surface area contributed by atoms with Crippen molar-refractivity contribution in [1.29, 1.82) is 0 Å². The van der Waals surface area contributed by atoms with Crippen LogP contribution in [0.5, 0.6) is 0 Å². The first-order valence-corrected chi connectivity index (χ1v) is 4.89. The molecule has 1 aromatic heterocycles. The van der Waals surface area contributed by atoms with Crippen LogP contribution in [0.2, 0.25) is 0 Å². The van der Waals surface area contributed by atoms with Crippen LogP contribution >= 0.6 is 0 Å². The molecule has 1 fully saturated rings. The summed E-state index contributed by atoms with van der Waals surface area (Å²) in [6.07, 6.45) is 8.34. The van der Waals surface area contributed by atoms with Gasteiger partial charge in [-0.25, -0.2) is 0 Å². The van der Waals surface area contributed by atoms with Gasteiger partial charge in [-0.2, -0.15) is 0 Å². The van der Waals surface area contributed by atoms with Gasteiger partial charge < -0.3 is 5.11 Å². The van der Waals surface area contributed by atoms with Gasteiger partial charge >= 0.3 is 0 Å². The van der Waals surface area contributed by atoms with Crippen molar-refractivity contribution < 1.29 is 5.11 Å². The van der Waals surface area contributed by atoms with Gasteiger partial charge in [0.05, 0.1) is 6.61 Å². The van der Waals surface area contributed by atoms with Crippen LogP contribution in [0.4, 0.5) is 0 Å². The number of pyridine rings is 1. The van der Waals surface area contributed by atoms with Crippen molar-refractivity contribution in [2.45, 2.75) is 31.1 Å². The van der Waals surface area contributed by atoms with Gasteiger partial charge in [-0.1, -0.05) is 12.8 Å². The van der Waals surface area contributed by atoms with Gasteiger partial charge in [0.2, 0.25) is 0 Å². The molecule has 0 amide bonds. The van der Waals surface area contributed by atoms with E-state index >= 15 is 0 Å². The fourth-order valence-corrected chi connectivity index (χ4v) is 2.30. The first kappa shape index (κ1) is 8.70. The summed E-state index contributed by atoms with van der Waals surface area (Å²) in [6, 6.07) is 4.06. The molecule has 1 aliphatic rings. The molecule has 2 heteroatoms. The van der Waals surface area contributed by atoms with Crippen LogP contribution in [0.15, 0.2) is 24.5 Å². The van der Waals surface area contributed by atoms with E-state index in [4.69, 9.17) is 0 Å². The van der Waals surface area contributed by atoms with E-state index in [1.807, 2.05) is 24.5 Å². The molecule has 0 saturated heterocycles. The van der Waals surface area contributed by atoms with Crippen LogP contribution in [-0.4, -0.2) is 16.7 Å². The minimum atomic E-state index is 0.0446. The first-order valence-electron chi connectivity index (χ1n) is 4.89. The average molecular weight is 177 g/mol. The Labute approximate surface area is 78.6 Å². The number of hydrogen-bond acceptors (Lipinski definition) is 2. The monoisotopic (exact) mass is 177 g/mol. The van der Waals surface area contributed by atoms with Gasteiger partial charge in [0, 0.05) is 17.8 Å². The Kier molecular flexibility index (Phi) is 2.32. The Morgan fingerprint density at radius 1 is 1.23 bits per heavy atom. The Bertz CT molecular complexity index is 265. The first-order chi connectivity index (χ1) is 6.37. The molecule has 2 rings (SSSR count). The van der Waals surface area contributed by atoms with Crippen molar-refractivity contribution >= 4 is 0 Å². The van der Waals surface area contributed by atoms with Crippen LogP contribution in [-0.2, 0) is 5.41 Å². The van der Waals surface area contributed by atoms with Crippen molar-refractivity contribution in [2.75, 3.05) is 6.61 Å². The molecule has 1 N–H and O–H groups in total. The van der Waals surface area contributed by atoms with Gasteiger partial charge in [0.15, 0.2) is 0 Å². The summed E-state index contributed by atoms with van der Waals surface area (Å²) in [7, 11) is 0. The van der Waals surface area contributed by atoms with Crippen LogP contribution < -0.4 is 0 Å². The number of hydrogen-bond donors (Lipinski definition) is 1. The third kappa shape index (κ3) is 1.46. The molecular formula is C11H15NO. The normalized spacial score (nSPS) is 20.4. The average Bonchev–Trinajstić information content (AvgIpc) is 2.69. The minimum absolute atomic E-state index is 0.0446. The van der Waals surface area contributed by atoms with E-state index in [0.717, 1.165) is 12.8 Å². The molecule has 0 radical (unpaired) electrons. The number of nitrogens with zero attached hydrogens (tertiary/aromatic N) is 1. The van der Waals surface area contributed by atoms with Gasteiger partial charge in [-0.05, 0) is 30.5 Å². The summed E-state index contributed by atoms with van der Waals surface area (Å²) in [5, 5.41) is 9.45. The third-order valence-electron chi connectivity index (χ3n) is 3.16. The smallest absolute Gasteiger partial charge is 0.0527 e. The Balaban J connectivity index is 2.31. The molecule has 0 atom stereocenters. The molecule has 1 aliphatic carbocycles. The molecule has 2 nitrogen and oxygen atoms in total. The predicted molar refractivity (Wildman–Crippen MR) is 51.5 cm³/mol.